The normalized spacial score (nSPS) is 19.4. The molecule has 2 saturated heterocycles. The number of nitrogens with two attached hydrogens (primary N) is 1. The van der Waals surface area contributed by atoms with E-state index >= 15 is 0 Å². The Morgan fingerprint density at radius 2 is 1.88 bits per heavy atom. The molecule has 0 aliphatic carbocycles. The highest BCUT2D eigenvalue weighted by atomic mass is 79.9. The number of benzene rings is 2. The van der Waals surface area contributed by atoms with Crippen LogP contribution < -0.4 is 15.8 Å². The van der Waals surface area contributed by atoms with Crippen molar-refractivity contribution >= 4 is 40.1 Å². The van der Waals surface area contributed by atoms with E-state index in [9.17, 15) is 9.18 Å². The van der Waals surface area contributed by atoms with Crippen molar-refractivity contribution in [3.8, 4) is 5.75 Å². The number of piperazine rings is 1. The minimum Gasteiger partial charge on any atom is -0.493 e. The zero-order valence-corrected chi connectivity index (χ0v) is 27.7. The van der Waals surface area contributed by atoms with Crippen molar-refractivity contribution in [1.29, 1.82) is 0 Å². The van der Waals surface area contributed by atoms with Gasteiger partial charge in [0.05, 0.1) is 12.6 Å². The smallest absolute Gasteiger partial charge is 0.239 e. The molecule has 1 unspecified atom stereocenters. The highest BCUT2D eigenvalue weighted by Gasteiger charge is 2.33. The number of hydrogen-bond acceptors (Lipinski definition) is 6. The summed E-state index contributed by atoms with van der Waals surface area (Å²) in [6.07, 6.45) is 6.15. The first-order valence-electron chi connectivity index (χ1n) is 15.5. The van der Waals surface area contributed by atoms with Crippen molar-refractivity contribution in [1.82, 2.24) is 20.0 Å². The maximum Gasteiger partial charge on any atom is 0.239 e. The van der Waals surface area contributed by atoms with E-state index < -0.39 is 6.04 Å². The van der Waals surface area contributed by atoms with Gasteiger partial charge in [0, 0.05) is 56.4 Å². The number of likely N-dealkylation sites (tertiary alicyclic amines) is 1. The lowest BCUT2D eigenvalue weighted by Crippen LogP contribution is -2.55. The minimum absolute atomic E-state index is 0. The van der Waals surface area contributed by atoms with E-state index in [-0.39, 0.29) is 34.6 Å². The molecule has 7 nitrogen and oxygen atoms in total. The van der Waals surface area contributed by atoms with Crippen LogP contribution in [0.2, 0.25) is 5.02 Å². The number of ether oxygens (including phenoxy) is 1. The average Bonchev–Trinajstić information content (AvgIpc) is 3.02. The third-order valence-corrected chi connectivity index (χ3v) is 9.28. The first-order chi connectivity index (χ1) is 20.4. The van der Waals surface area contributed by atoms with Gasteiger partial charge in [-0.1, -0.05) is 29.8 Å². The van der Waals surface area contributed by atoms with Crippen LogP contribution in [-0.2, 0) is 17.8 Å². The second-order valence-electron chi connectivity index (χ2n) is 11.7. The predicted octanol–water partition coefficient (Wildman–Crippen LogP) is 4.76. The minimum atomic E-state index is -0.471. The van der Waals surface area contributed by atoms with Crippen molar-refractivity contribution in [3.05, 3.63) is 70.0 Å². The molecule has 3 aliphatic rings. The first kappa shape index (κ1) is 33.9. The summed E-state index contributed by atoms with van der Waals surface area (Å²) in [4.78, 5) is 19.9. The molecule has 2 fully saturated rings. The number of piperidine rings is 1. The highest BCUT2D eigenvalue weighted by Crippen LogP contribution is 2.28. The number of halogens is 3. The number of carbonyl (C=O) groups is 1. The summed E-state index contributed by atoms with van der Waals surface area (Å²) in [6, 6.07) is 10.8. The van der Waals surface area contributed by atoms with Gasteiger partial charge in [0.15, 0.2) is 0 Å². The summed E-state index contributed by atoms with van der Waals surface area (Å²) in [6.45, 7) is 10.3. The van der Waals surface area contributed by atoms with Crippen LogP contribution in [0.5, 0.6) is 5.75 Å². The van der Waals surface area contributed by atoms with Gasteiger partial charge in [-0.15, -0.1) is 17.0 Å². The molecule has 0 bridgehead atoms. The van der Waals surface area contributed by atoms with Gasteiger partial charge in [-0.2, -0.15) is 0 Å². The third kappa shape index (κ3) is 8.80. The first-order valence-corrected chi connectivity index (χ1v) is 15.9. The Balaban J connectivity index is 0.00000423. The monoisotopic (exact) mass is 677 g/mol. The molecule has 2 aromatic rings. The molecule has 0 radical (unpaired) electrons. The van der Waals surface area contributed by atoms with Crippen LogP contribution in [-0.4, -0.2) is 92.2 Å². The fourth-order valence-electron chi connectivity index (χ4n) is 6.51. The van der Waals surface area contributed by atoms with Crippen LogP contribution in [0.3, 0.4) is 0 Å². The molecular formula is C33H46BrClFN5O2. The molecule has 3 heterocycles. The molecule has 0 spiro atoms. The summed E-state index contributed by atoms with van der Waals surface area (Å²) in [7, 11) is 0. The molecule has 1 amide bonds. The number of nitrogens with one attached hydrogen (secondary N) is 1. The van der Waals surface area contributed by atoms with E-state index in [1.54, 1.807) is 6.07 Å². The number of nitrogens with zero attached hydrogens (tertiary/aromatic N) is 3. The largest absolute Gasteiger partial charge is 0.493 e. The van der Waals surface area contributed by atoms with Crippen LogP contribution in [0, 0.1) is 11.7 Å². The second-order valence-corrected chi connectivity index (χ2v) is 12.1. The number of carbonyl (C=O) groups excluding carboxylic acids is 1. The molecule has 0 saturated carbocycles. The van der Waals surface area contributed by atoms with Gasteiger partial charge in [-0.05, 0) is 99.1 Å². The molecule has 10 heteroatoms. The topological polar surface area (TPSA) is 74.1 Å². The standard InChI is InChI=1S/C33H45ClFN5O2.BrH/c1-2-42-31-5-3-4-30(35)29(31)23-39-18-20-40(21-19-39)33(41)32(36)25-10-15-38(16-11-25)17-12-26-22-27(34)6-7-28(26)24-8-13-37-14-9-24;/h3-8,22,25,32,37H,2,9-21,23,36H2,1H3;1H. The lowest BCUT2D eigenvalue weighted by atomic mass is 9.88. The van der Waals surface area contributed by atoms with Gasteiger partial charge >= 0.3 is 0 Å². The third-order valence-electron chi connectivity index (χ3n) is 9.04. The van der Waals surface area contributed by atoms with Crippen molar-refractivity contribution in [2.45, 2.75) is 45.2 Å². The van der Waals surface area contributed by atoms with Crippen molar-refractivity contribution < 1.29 is 13.9 Å². The lowest BCUT2D eigenvalue weighted by molar-refractivity contribution is -0.136. The molecule has 0 aromatic heterocycles. The molecule has 1 atom stereocenters. The van der Waals surface area contributed by atoms with Gasteiger partial charge in [0.1, 0.15) is 11.6 Å². The number of hydrogen-bond donors (Lipinski definition) is 2. The summed E-state index contributed by atoms with van der Waals surface area (Å²) in [5, 5.41) is 4.18. The second kappa shape index (κ2) is 16.3. The predicted molar refractivity (Wildman–Crippen MR) is 178 cm³/mol. The molecule has 43 heavy (non-hydrogen) atoms. The Bertz CT molecular complexity index is 1250. The fraction of sp³-hybridized carbons (Fsp3) is 0.545. The lowest BCUT2D eigenvalue weighted by Gasteiger charge is -2.39. The molecule has 5 rings (SSSR count). The molecule has 3 N–H and O–H groups in total. The van der Waals surface area contributed by atoms with Gasteiger partial charge in [0.2, 0.25) is 5.91 Å². The van der Waals surface area contributed by atoms with E-state index in [0.717, 1.165) is 63.4 Å². The van der Waals surface area contributed by atoms with Crippen LogP contribution in [0.1, 0.15) is 42.9 Å². The SMILES string of the molecule is Br.CCOc1cccc(F)c1CN1CCN(C(=O)C(N)C2CCN(CCc3cc(Cl)ccc3C3=CCNCC3)CC2)CC1. The Morgan fingerprint density at radius 1 is 1.12 bits per heavy atom. The Morgan fingerprint density at radius 3 is 2.58 bits per heavy atom. The number of rotatable bonds is 10. The van der Waals surface area contributed by atoms with E-state index in [2.05, 4.69) is 33.3 Å². The van der Waals surface area contributed by atoms with E-state index in [0.29, 0.717) is 50.6 Å². The molecule has 236 valence electrons. The van der Waals surface area contributed by atoms with Gasteiger partial charge < -0.3 is 25.6 Å². The van der Waals surface area contributed by atoms with Gasteiger partial charge in [0.25, 0.3) is 0 Å². The maximum atomic E-state index is 14.5. The van der Waals surface area contributed by atoms with Crippen molar-refractivity contribution in [2.24, 2.45) is 11.7 Å². The van der Waals surface area contributed by atoms with Crippen LogP contribution in [0.15, 0.2) is 42.5 Å². The molecule has 3 aliphatic heterocycles. The summed E-state index contributed by atoms with van der Waals surface area (Å²) >= 11 is 6.38. The average molecular weight is 679 g/mol. The Labute approximate surface area is 271 Å². The maximum absolute atomic E-state index is 14.5. The fourth-order valence-corrected chi connectivity index (χ4v) is 6.70. The zero-order valence-electron chi connectivity index (χ0n) is 25.2. The van der Waals surface area contributed by atoms with E-state index in [1.807, 2.05) is 24.0 Å². The van der Waals surface area contributed by atoms with Crippen LogP contribution >= 0.6 is 28.6 Å². The summed E-state index contributed by atoms with van der Waals surface area (Å²) < 4.78 is 20.2. The quantitative estimate of drug-likeness (QED) is 0.378. The molecule has 2 aromatic carbocycles. The Kier molecular flexibility index (Phi) is 12.9. The molecular weight excluding hydrogens is 633 g/mol. The number of amides is 1. The van der Waals surface area contributed by atoms with Crippen LogP contribution in [0.25, 0.3) is 5.57 Å². The van der Waals surface area contributed by atoms with Crippen LogP contribution in [0.4, 0.5) is 4.39 Å². The highest BCUT2D eigenvalue weighted by molar-refractivity contribution is 8.93. The Hall–Kier alpha value is -2.01. The zero-order chi connectivity index (χ0) is 29.5. The van der Waals surface area contributed by atoms with Gasteiger partial charge in [-0.3, -0.25) is 9.69 Å². The van der Waals surface area contributed by atoms with Crippen molar-refractivity contribution in [3.63, 3.8) is 0 Å². The van der Waals surface area contributed by atoms with E-state index in [4.69, 9.17) is 22.1 Å². The van der Waals surface area contributed by atoms with E-state index in [1.165, 1.54) is 22.8 Å². The summed E-state index contributed by atoms with van der Waals surface area (Å²) in [5.41, 5.74) is 11.2. The van der Waals surface area contributed by atoms with Crippen molar-refractivity contribution in [2.75, 3.05) is 65.5 Å². The van der Waals surface area contributed by atoms with Gasteiger partial charge in [-0.25, -0.2) is 4.39 Å². The summed E-state index contributed by atoms with van der Waals surface area (Å²) in [5.74, 6) is 0.588.